The largest absolute Gasteiger partial charge is 0.350 e. The molecule has 106 valence electrons. The minimum Gasteiger partial charge on any atom is -0.350 e. The van der Waals surface area contributed by atoms with Crippen molar-refractivity contribution in [2.45, 2.75) is 59.0 Å². The summed E-state index contributed by atoms with van der Waals surface area (Å²) >= 11 is 0. The molecule has 3 N–H and O–H groups in total. The second-order valence-corrected chi connectivity index (χ2v) is 6.19. The molecule has 0 saturated carbocycles. The fraction of sp³-hybridized carbons (Fsp3) is 0.846. The van der Waals surface area contributed by atoms with Crippen LogP contribution in [0.3, 0.4) is 0 Å². The zero-order valence-corrected chi connectivity index (χ0v) is 12.4. The van der Waals surface area contributed by atoms with Crippen molar-refractivity contribution in [3.8, 4) is 0 Å². The molecule has 5 nitrogen and oxygen atoms in total. The maximum Gasteiger partial charge on any atom is 0.234 e. The number of carbonyl (C=O) groups excluding carboxylic acids is 2. The van der Waals surface area contributed by atoms with Crippen LogP contribution in [0.1, 0.15) is 48.0 Å². The van der Waals surface area contributed by atoms with Crippen LogP contribution in [0, 0.1) is 0 Å². The van der Waals surface area contributed by atoms with E-state index in [1.165, 1.54) is 0 Å². The summed E-state index contributed by atoms with van der Waals surface area (Å²) in [6.45, 7) is 12.0. The van der Waals surface area contributed by atoms with E-state index >= 15 is 0 Å². The molecule has 0 heterocycles. The summed E-state index contributed by atoms with van der Waals surface area (Å²) in [7, 11) is 0. The molecule has 0 spiro atoms. The molecule has 5 heteroatoms. The average Bonchev–Trinajstić information content (AvgIpc) is 2.13. The van der Waals surface area contributed by atoms with E-state index in [1.54, 1.807) is 0 Å². The van der Waals surface area contributed by atoms with Crippen LogP contribution in [0.5, 0.6) is 0 Å². The summed E-state index contributed by atoms with van der Waals surface area (Å²) in [5, 5.41) is 8.54. The highest BCUT2D eigenvalue weighted by Crippen LogP contribution is 2.05. The van der Waals surface area contributed by atoms with Crippen LogP contribution in [-0.2, 0) is 9.59 Å². The van der Waals surface area contributed by atoms with E-state index in [0.717, 1.165) is 6.42 Å². The highest BCUT2D eigenvalue weighted by atomic mass is 16.2. The molecule has 0 radical (unpaired) electrons. The molecule has 0 aromatic rings. The average molecular weight is 257 g/mol. The van der Waals surface area contributed by atoms with Crippen molar-refractivity contribution >= 4 is 11.8 Å². The summed E-state index contributed by atoms with van der Waals surface area (Å²) in [5.41, 5.74) is -0.447. The van der Waals surface area contributed by atoms with Crippen molar-refractivity contribution in [3.05, 3.63) is 0 Å². The molecule has 0 atom stereocenters. The van der Waals surface area contributed by atoms with E-state index in [1.807, 2.05) is 41.5 Å². The SMILES string of the molecule is CCC(C)(C)NC(=O)CNCC(=O)NC(C)(C)C. The first kappa shape index (κ1) is 16.9. The molecule has 18 heavy (non-hydrogen) atoms. The van der Waals surface area contributed by atoms with Crippen molar-refractivity contribution in [2.24, 2.45) is 0 Å². The maximum atomic E-state index is 11.6. The molecule has 0 aromatic heterocycles. The Kier molecular flexibility index (Phi) is 6.32. The van der Waals surface area contributed by atoms with Gasteiger partial charge in [0.2, 0.25) is 11.8 Å². The third-order valence-electron chi connectivity index (χ3n) is 2.45. The van der Waals surface area contributed by atoms with Crippen LogP contribution in [0.25, 0.3) is 0 Å². The van der Waals surface area contributed by atoms with Crippen LogP contribution in [0.15, 0.2) is 0 Å². The van der Waals surface area contributed by atoms with E-state index < -0.39 is 0 Å². The molecule has 0 aliphatic carbocycles. The lowest BCUT2D eigenvalue weighted by Crippen LogP contribution is -2.49. The number of hydrogen-bond acceptors (Lipinski definition) is 3. The number of rotatable bonds is 6. The van der Waals surface area contributed by atoms with Gasteiger partial charge in [0.25, 0.3) is 0 Å². The zero-order chi connectivity index (χ0) is 14.4. The monoisotopic (exact) mass is 257 g/mol. The Bertz CT molecular complexity index is 293. The Morgan fingerprint density at radius 1 is 0.889 bits per heavy atom. The highest BCUT2D eigenvalue weighted by Gasteiger charge is 2.18. The van der Waals surface area contributed by atoms with Crippen molar-refractivity contribution in [3.63, 3.8) is 0 Å². The molecule has 0 bridgehead atoms. The quantitative estimate of drug-likeness (QED) is 0.659. The first-order valence-corrected chi connectivity index (χ1v) is 6.38. The fourth-order valence-corrected chi connectivity index (χ4v) is 1.26. The van der Waals surface area contributed by atoms with Crippen LogP contribution in [0.4, 0.5) is 0 Å². The van der Waals surface area contributed by atoms with Gasteiger partial charge in [-0.05, 0) is 41.0 Å². The molecule has 0 aliphatic rings. The van der Waals surface area contributed by atoms with Crippen LogP contribution in [0.2, 0.25) is 0 Å². The van der Waals surface area contributed by atoms with Gasteiger partial charge in [0.05, 0.1) is 13.1 Å². The second-order valence-electron chi connectivity index (χ2n) is 6.19. The number of nitrogens with one attached hydrogen (secondary N) is 3. The number of hydrogen-bond donors (Lipinski definition) is 3. The van der Waals surface area contributed by atoms with Crippen LogP contribution >= 0.6 is 0 Å². The van der Waals surface area contributed by atoms with E-state index in [0.29, 0.717) is 0 Å². The molecular formula is C13H27N3O2. The fourth-order valence-electron chi connectivity index (χ4n) is 1.26. The number of carbonyl (C=O) groups is 2. The van der Waals surface area contributed by atoms with Crippen LogP contribution in [-0.4, -0.2) is 36.0 Å². The van der Waals surface area contributed by atoms with Crippen molar-refractivity contribution in [1.29, 1.82) is 0 Å². The van der Waals surface area contributed by atoms with Gasteiger partial charge in [0.15, 0.2) is 0 Å². The zero-order valence-electron chi connectivity index (χ0n) is 12.4. The summed E-state index contributed by atoms with van der Waals surface area (Å²) in [6.07, 6.45) is 0.864. The molecule has 2 amide bonds. The van der Waals surface area contributed by atoms with Gasteiger partial charge in [-0.2, -0.15) is 0 Å². The first-order chi connectivity index (χ1) is 8.06. The predicted molar refractivity (Wildman–Crippen MR) is 73.3 cm³/mol. The first-order valence-electron chi connectivity index (χ1n) is 6.38. The van der Waals surface area contributed by atoms with Crippen LogP contribution < -0.4 is 16.0 Å². The van der Waals surface area contributed by atoms with E-state index in [4.69, 9.17) is 0 Å². The summed E-state index contributed by atoms with van der Waals surface area (Å²) in [5.74, 6) is -0.199. The Hall–Kier alpha value is -1.10. The molecule has 0 saturated heterocycles. The van der Waals surface area contributed by atoms with Gasteiger partial charge in [-0.1, -0.05) is 6.92 Å². The lowest BCUT2D eigenvalue weighted by atomic mass is 10.0. The van der Waals surface area contributed by atoms with Gasteiger partial charge < -0.3 is 10.6 Å². The van der Waals surface area contributed by atoms with Crippen molar-refractivity contribution < 1.29 is 9.59 Å². The van der Waals surface area contributed by atoms with E-state index in [-0.39, 0.29) is 36.0 Å². The second kappa shape index (κ2) is 6.73. The molecular weight excluding hydrogens is 230 g/mol. The smallest absolute Gasteiger partial charge is 0.234 e. The van der Waals surface area contributed by atoms with E-state index in [2.05, 4.69) is 16.0 Å². The van der Waals surface area contributed by atoms with Gasteiger partial charge in [0.1, 0.15) is 0 Å². The maximum absolute atomic E-state index is 11.6. The molecule has 0 aliphatic heterocycles. The Morgan fingerprint density at radius 2 is 1.33 bits per heavy atom. The van der Waals surface area contributed by atoms with Gasteiger partial charge in [0, 0.05) is 11.1 Å². The summed E-state index contributed by atoms with van der Waals surface area (Å²) in [4.78, 5) is 23.1. The molecule has 0 rings (SSSR count). The summed E-state index contributed by atoms with van der Waals surface area (Å²) < 4.78 is 0. The van der Waals surface area contributed by atoms with E-state index in [9.17, 15) is 9.59 Å². The normalized spacial score (nSPS) is 12.1. The van der Waals surface area contributed by atoms with Crippen molar-refractivity contribution in [1.82, 2.24) is 16.0 Å². The van der Waals surface area contributed by atoms with Gasteiger partial charge in [-0.25, -0.2) is 0 Å². The minimum absolute atomic E-state index is 0.0922. The predicted octanol–water partition coefficient (Wildman–Crippen LogP) is 0.796. The Morgan fingerprint density at radius 3 is 1.72 bits per heavy atom. The van der Waals surface area contributed by atoms with Crippen molar-refractivity contribution in [2.75, 3.05) is 13.1 Å². The minimum atomic E-state index is -0.245. The number of amides is 2. The highest BCUT2D eigenvalue weighted by molar-refractivity contribution is 5.81. The van der Waals surface area contributed by atoms with Gasteiger partial charge in [-0.3, -0.25) is 14.9 Å². The molecule has 0 fully saturated rings. The third-order valence-corrected chi connectivity index (χ3v) is 2.45. The molecule has 0 aromatic carbocycles. The van der Waals surface area contributed by atoms with Gasteiger partial charge >= 0.3 is 0 Å². The Balaban J connectivity index is 3.85. The standard InChI is InChI=1S/C13H27N3O2/c1-7-13(5,6)16-11(18)9-14-8-10(17)15-12(2,3)4/h14H,7-9H2,1-6H3,(H,15,17)(H,16,18). The topological polar surface area (TPSA) is 70.2 Å². The lowest BCUT2D eigenvalue weighted by Gasteiger charge is -2.24. The van der Waals surface area contributed by atoms with Gasteiger partial charge in [-0.15, -0.1) is 0 Å². The lowest BCUT2D eigenvalue weighted by molar-refractivity contribution is -0.122. The third kappa shape index (κ3) is 8.98. The Labute approximate surface area is 110 Å². The summed E-state index contributed by atoms with van der Waals surface area (Å²) in [6, 6.07) is 0. The molecule has 0 unspecified atom stereocenters.